The molecule has 3 aromatic rings. The van der Waals surface area contributed by atoms with E-state index in [1.54, 1.807) is 5.20 Å². The van der Waals surface area contributed by atoms with E-state index >= 15 is 0 Å². The third kappa shape index (κ3) is 2.52. The molecule has 0 heterocycles. The highest BCUT2D eigenvalue weighted by molar-refractivity contribution is 7.17. The third-order valence-corrected chi connectivity index (χ3v) is 11.6. The zero-order valence-electron chi connectivity index (χ0n) is 15.4. The van der Waals surface area contributed by atoms with Crippen molar-refractivity contribution >= 4 is 34.5 Å². The van der Waals surface area contributed by atoms with Gasteiger partial charge in [-0.3, -0.25) is 0 Å². The highest BCUT2D eigenvalue weighted by Gasteiger charge is 2.45. The van der Waals surface area contributed by atoms with Gasteiger partial charge in [0.05, 0.1) is 13.5 Å². The van der Waals surface area contributed by atoms with E-state index in [1.165, 1.54) is 21.6 Å². The summed E-state index contributed by atoms with van der Waals surface area (Å²) in [5, 5.41) is 6.90. The molecule has 1 aliphatic carbocycles. The molecule has 0 unspecified atom stereocenters. The number of hydrogen-bond donors (Lipinski definition) is 0. The molecule has 0 saturated heterocycles. The fourth-order valence-corrected chi connectivity index (χ4v) is 7.47. The summed E-state index contributed by atoms with van der Waals surface area (Å²) in [7, 11) is 0.292. The molecule has 0 nitrogen and oxygen atoms in total. The molecule has 0 atom stereocenters. The van der Waals surface area contributed by atoms with Crippen molar-refractivity contribution in [1.82, 2.24) is 0 Å². The van der Waals surface area contributed by atoms with E-state index in [0.29, 0.717) is 0 Å². The van der Waals surface area contributed by atoms with Gasteiger partial charge in [-0.1, -0.05) is 109 Å². The van der Waals surface area contributed by atoms with E-state index in [0.717, 1.165) is 0 Å². The molecule has 0 amide bonds. The third-order valence-electron chi connectivity index (χ3n) is 5.61. The van der Waals surface area contributed by atoms with E-state index in [4.69, 9.17) is 0 Å². The van der Waals surface area contributed by atoms with Crippen LogP contribution < -0.4 is 10.4 Å². The van der Waals surface area contributed by atoms with Crippen molar-refractivity contribution in [3.63, 3.8) is 0 Å². The van der Waals surface area contributed by atoms with E-state index in [-0.39, 0.29) is 5.41 Å². The number of rotatable bonds is 4. The maximum absolute atomic E-state index is 2.50. The molecular formula is C24H24Si2. The van der Waals surface area contributed by atoms with Crippen LogP contribution >= 0.6 is 0 Å². The Balaban J connectivity index is 2.20. The topological polar surface area (TPSA) is 0 Å². The van der Waals surface area contributed by atoms with Gasteiger partial charge in [-0.05, 0) is 31.4 Å². The van der Waals surface area contributed by atoms with Gasteiger partial charge in [0.1, 0.15) is 0 Å². The summed E-state index contributed by atoms with van der Waals surface area (Å²) in [6, 6.07) is 31.0. The van der Waals surface area contributed by atoms with Gasteiger partial charge in [0.25, 0.3) is 0 Å². The monoisotopic (exact) mass is 368 g/mol. The lowest BCUT2D eigenvalue weighted by Gasteiger charge is -2.39. The van der Waals surface area contributed by atoms with Crippen molar-refractivity contribution in [2.75, 3.05) is 0 Å². The largest absolute Gasteiger partial charge is 0.115 e. The average molecular weight is 369 g/mol. The molecule has 0 saturated carbocycles. The van der Waals surface area contributed by atoms with Crippen LogP contribution in [0.25, 0.3) is 11.3 Å². The van der Waals surface area contributed by atoms with E-state index in [9.17, 15) is 0 Å². The molecule has 0 radical (unpaired) electrons. The second kappa shape index (κ2) is 6.46. The molecule has 0 N–H and O–H groups in total. The normalized spacial score (nSPS) is 15.2. The van der Waals surface area contributed by atoms with E-state index < -0.39 is 8.07 Å². The maximum Gasteiger partial charge on any atom is 0.0969 e. The number of benzene rings is 3. The molecular weight excluding hydrogens is 344 g/mol. The van der Waals surface area contributed by atoms with Crippen LogP contribution in [0.15, 0.2) is 84.9 Å². The zero-order chi connectivity index (χ0) is 18.2. The van der Waals surface area contributed by atoms with Gasteiger partial charge in [-0.15, -0.1) is 5.30 Å². The second-order valence-corrected chi connectivity index (χ2v) is 13.1. The molecule has 0 fully saturated rings. The van der Waals surface area contributed by atoms with E-state index in [2.05, 4.69) is 109 Å². The summed E-state index contributed by atoms with van der Waals surface area (Å²) in [5.41, 5.74) is 2.55. The summed E-state index contributed by atoms with van der Waals surface area (Å²) >= 11 is 0. The van der Waals surface area contributed by atoms with Crippen molar-refractivity contribution in [3.8, 4) is 0 Å². The van der Waals surface area contributed by atoms with Gasteiger partial charge in [0.15, 0.2) is 0 Å². The lowest BCUT2D eigenvalue weighted by Crippen LogP contribution is -2.44. The van der Waals surface area contributed by atoms with Gasteiger partial charge in [0.2, 0.25) is 0 Å². The van der Waals surface area contributed by atoms with Crippen LogP contribution in [0, 0.1) is 0 Å². The summed E-state index contributed by atoms with van der Waals surface area (Å²) in [6.07, 6.45) is 2.50. The first-order valence-electron chi connectivity index (χ1n) is 9.17. The molecule has 0 aromatic heterocycles. The van der Waals surface area contributed by atoms with Crippen LogP contribution in [0.2, 0.25) is 13.1 Å². The lowest BCUT2D eigenvalue weighted by atomic mass is 9.75. The van der Waals surface area contributed by atoms with Crippen molar-refractivity contribution in [2.24, 2.45) is 0 Å². The Labute approximate surface area is 159 Å². The summed E-state index contributed by atoms with van der Waals surface area (Å²) in [5.74, 6) is 0. The van der Waals surface area contributed by atoms with Crippen LogP contribution in [0.1, 0.15) is 11.1 Å². The zero-order valence-corrected chi connectivity index (χ0v) is 17.9. The van der Waals surface area contributed by atoms with Gasteiger partial charge in [-0.25, -0.2) is 0 Å². The van der Waals surface area contributed by atoms with Crippen LogP contribution in [-0.2, 0) is 5.41 Å². The Bertz CT molecular complexity index is 1020. The van der Waals surface area contributed by atoms with Crippen LogP contribution in [0.4, 0.5) is 0 Å². The fraction of sp³-hybridized carbons (Fsp3) is 0.125. The molecule has 3 aromatic carbocycles. The maximum atomic E-state index is 2.50. The van der Waals surface area contributed by atoms with Crippen molar-refractivity contribution in [2.45, 2.75) is 18.5 Å². The van der Waals surface area contributed by atoms with Crippen molar-refractivity contribution in [1.29, 1.82) is 0 Å². The number of fused-ring (bicyclic) bond motifs is 1. The highest BCUT2D eigenvalue weighted by Crippen LogP contribution is 2.45. The molecule has 1 aliphatic rings. The average Bonchev–Trinajstić information content (AvgIpc) is 3.06. The van der Waals surface area contributed by atoms with Crippen molar-refractivity contribution < 1.29 is 0 Å². The Kier molecular flexibility index (Phi) is 4.25. The Morgan fingerprint density at radius 3 is 1.77 bits per heavy atom. The standard InChI is InChI=1S/C24H24Si2/c1-26(2,18-25)23-22-16-10-9-11-19(22)17-24(23,20-12-5-3-6-13-20)21-14-7-4-8-15-21/h3-18H,25H2,1-2H3. The van der Waals surface area contributed by atoms with Crippen molar-refractivity contribution in [3.05, 3.63) is 106 Å². The summed E-state index contributed by atoms with van der Waals surface area (Å²) < 4.78 is 0. The fourth-order valence-electron chi connectivity index (χ4n) is 4.35. The molecule has 128 valence electrons. The predicted molar refractivity (Wildman–Crippen MR) is 119 cm³/mol. The Morgan fingerprint density at radius 2 is 1.23 bits per heavy atom. The van der Waals surface area contributed by atoms with Crippen LogP contribution in [0.5, 0.6) is 0 Å². The SMILES string of the molecule is C[Si](C)(C=[SiH2])C1=c2ccccc2=CC1(c1ccccc1)c1ccccc1. The quantitative estimate of drug-likeness (QED) is 0.621. The first kappa shape index (κ1) is 17.1. The minimum absolute atomic E-state index is 0.182. The minimum Gasteiger partial charge on any atom is -0.115 e. The predicted octanol–water partition coefficient (Wildman–Crippen LogP) is 2.84. The van der Waals surface area contributed by atoms with Gasteiger partial charge in [0, 0.05) is 0 Å². The molecule has 0 bridgehead atoms. The van der Waals surface area contributed by atoms with Gasteiger partial charge >= 0.3 is 0 Å². The molecule has 0 spiro atoms. The van der Waals surface area contributed by atoms with Crippen LogP contribution in [0.3, 0.4) is 0 Å². The lowest BCUT2D eigenvalue weighted by molar-refractivity contribution is 0.907. The molecule has 4 rings (SSSR count). The molecule has 2 heteroatoms. The molecule has 26 heavy (non-hydrogen) atoms. The highest BCUT2D eigenvalue weighted by atomic mass is 28.3. The summed E-state index contributed by atoms with van der Waals surface area (Å²) in [6.45, 7) is 4.96. The van der Waals surface area contributed by atoms with E-state index in [1.807, 2.05) is 9.85 Å². The summed E-state index contributed by atoms with van der Waals surface area (Å²) in [4.78, 5) is 0. The van der Waals surface area contributed by atoms with Crippen LogP contribution in [-0.4, -0.2) is 23.2 Å². The Hall–Kier alpha value is -2.30. The smallest absolute Gasteiger partial charge is 0.0969 e. The first-order chi connectivity index (χ1) is 12.6. The van der Waals surface area contributed by atoms with Gasteiger partial charge < -0.3 is 0 Å². The minimum atomic E-state index is -1.72. The Morgan fingerprint density at radius 1 is 0.731 bits per heavy atom. The second-order valence-electron chi connectivity index (χ2n) is 7.57. The molecule has 0 aliphatic heterocycles. The first-order valence-corrected chi connectivity index (χ1v) is 13.1. The van der Waals surface area contributed by atoms with Gasteiger partial charge in [-0.2, -0.15) is 0 Å². The number of hydrogen-bond acceptors (Lipinski definition) is 0.